The van der Waals surface area contributed by atoms with Gasteiger partial charge in [0.15, 0.2) is 11.5 Å². The molecular formula is C21H22ClNO4. The second kappa shape index (κ2) is 9.78. The first-order chi connectivity index (χ1) is 12.9. The molecular weight excluding hydrogens is 366 g/mol. The van der Waals surface area contributed by atoms with Gasteiger partial charge in [0.1, 0.15) is 0 Å². The fourth-order valence-electron chi connectivity index (χ4n) is 2.15. The van der Waals surface area contributed by atoms with Crippen molar-refractivity contribution < 1.29 is 19.1 Å². The van der Waals surface area contributed by atoms with Crippen molar-refractivity contribution in [1.29, 1.82) is 0 Å². The number of hydrogen-bond acceptors (Lipinski definition) is 4. The quantitative estimate of drug-likeness (QED) is 0.438. The van der Waals surface area contributed by atoms with Crippen LogP contribution in [0.3, 0.4) is 0 Å². The molecule has 0 bridgehead atoms. The third kappa shape index (κ3) is 6.15. The van der Waals surface area contributed by atoms with E-state index in [1.165, 1.54) is 13.2 Å². The maximum absolute atomic E-state index is 12.0. The van der Waals surface area contributed by atoms with E-state index in [1.54, 1.807) is 44.2 Å². The van der Waals surface area contributed by atoms with Gasteiger partial charge in [-0.25, -0.2) is 0 Å². The maximum Gasteiger partial charge on any atom is 0.313 e. The van der Waals surface area contributed by atoms with E-state index >= 15 is 0 Å². The van der Waals surface area contributed by atoms with Crippen molar-refractivity contribution in [3.05, 3.63) is 64.7 Å². The Balaban J connectivity index is 2.00. The highest BCUT2D eigenvalue weighted by molar-refractivity contribution is 6.31. The van der Waals surface area contributed by atoms with E-state index in [2.05, 4.69) is 5.32 Å². The minimum atomic E-state index is -0.337. The van der Waals surface area contributed by atoms with Crippen molar-refractivity contribution >= 4 is 29.6 Å². The molecule has 27 heavy (non-hydrogen) atoms. The lowest BCUT2D eigenvalue weighted by Gasteiger charge is -2.11. The molecule has 0 aromatic heterocycles. The van der Waals surface area contributed by atoms with Gasteiger partial charge >= 0.3 is 5.97 Å². The summed E-state index contributed by atoms with van der Waals surface area (Å²) in [6, 6.07) is 12.4. The highest BCUT2D eigenvalue weighted by Crippen LogP contribution is 2.29. The number of methoxy groups -OCH3 is 1. The molecule has 0 aliphatic rings. The number of carbonyl (C=O) groups is 2. The lowest BCUT2D eigenvalue weighted by atomic mass is 10.1. The zero-order valence-corrected chi connectivity index (χ0v) is 16.2. The highest BCUT2D eigenvalue weighted by Gasteiger charge is 2.13. The van der Waals surface area contributed by atoms with Gasteiger partial charge in [0.25, 0.3) is 0 Å². The summed E-state index contributed by atoms with van der Waals surface area (Å²) in [6.07, 6.45) is 3.07. The molecule has 2 rings (SSSR count). The van der Waals surface area contributed by atoms with Gasteiger partial charge in [0.05, 0.1) is 13.0 Å². The van der Waals surface area contributed by atoms with Crippen LogP contribution in [-0.4, -0.2) is 19.0 Å². The molecule has 0 saturated carbocycles. The number of hydrogen-bond donors (Lipinski definition) is 1. The smallest absolute Gasteiger partial charge is 0.313 e. The van der Waals surface area contributed by atoms with Crippen LogP contribution in [0.15, 0.2) is 48.5 Å². The van der Waals surface area contributed by atoms with Gasteiger partial charge in [-0.1, -0.05) is 49.7 Å². The van der Waals surface area contributed by atoms with Crippen molar-refractivity contribution in [3.63, 3.8) is 0 Å². The molecule has 142 valence electrons. The van der Waals surface area contributed by atoms with Gasteiger partial charge < -0.3 is 14.8 Å². The average molecular weight is 388 g/mol. The molecule has 0 unspecified atom stereocenters. The van der Waals surface area contributed by atoms with Gasteiger partial charge in [-0.3, -0.25) is 9.59 Å². The van der Waals surface area contributed by atoms with Gasteiger partial charge in [-0.2, -0.15) is 0 Å². The summed E-state index contributed by atoms with van der Waals surface area (Å²) in [6.45, 7) is 3.86. The molecule has 0 atom stereocenters. The number of amides is 1. The van der Waals surface area contributed by atoms with Crippen LogP contribution in [0, 0.1) is 5.92 Å². The van der Waals surface area contributed by atoms with Gasteiger partial charge in [0, 0.05) is 17.6 Å². The monoisotopic (exact) mass is 387 g/mol. The van der Waals surface area contributed by atoms with E-state index < -0.39 is 0 Å². The summed E-state index contributed by atoms with van der Waals surface area (Å²) in [5.74, 6) is -0.0602. The summed E-state index contributed by atoms with van der Waals surface area (Å²) in [5.41, 5.74) is 1.59. The minimum absolute atomic E-state index is 0.240. The summed E-state index contributed by atoms with van der Waals surface area (Å²) in [7, 11) is 1.49. The van der Waals surface area contributed by atoms with Crippen molar-refractivity contribution in [1.82, 2.24) is 5.32 Å². The molecule has 0 saturated heterocycles. The predicted octanol–water partition coefficient (Wildman–Crippen LogP) is 4.24. The fourth-order valence-corrected chi connectivity index (χ4v) is 2.36. The molecule has 2 aromatic rings. The summed E-state index contributed by atoms with van der Waals surface area (Å²) < 4.78 is 10.6. The molecule has 0 spiro atoms. The predicted molar refractivity (Wildman–Crippen MR) is 106 cm³/mol. The number of carbonyl (C=O) groups excluding carboxylic acids is 2. The molecule has 0 aliphatic heterocycles. The Labute approximate surface area is 163 Å². The van der Waals surface area contributed by atoms with Crippen molar-refractivity contribution in [2.75, 3.05) is 7.11 Å². The molecule has 6 heteroatoms. The second-order valence-electron chi connectivity index (χ2n) is 6.13. The van der Waals surface area contributed by atoms with Crippen LogP contribution in [0.2, 0.25) is 5.02 Å². The van der Waals surface area contributed by atoms with Crippen LogP contribution in [0.25, 0.3) is 6.08 Å². The van der Waals surface area contributed by atoms with Crippen molar-refractivity contribution in [2.45, 2.75) is 20.4 Å². The van der Waals surface area contributed by atoms with E-state index in [9.17, 15) is 9.59 Å². The van der Waals surface area contributed by atoms with Crippen LogP contribution in [0.1, 0.15) is 25.0 Å². The lowest BCUT2D eigenvalue weighted by Crippen LogP contribution is -2.20. The van der Waals surface area contributed by atoms with Crippen molar-refractivity contribution in [3.8, 4) is 11.5 Å². The Morgan fingerprint density at radius 1 is 1.15 bits per heavy atom. The summed E-state index contributed by atoms with van der Waals surface area (Å²) in [5, 5.41) is 3.39. The average Bonchev–Trinajstić information content (AvgIpc) is 2.66. The van der Waals surface area contributed by atoms with E-state index in [0.717, 1.165) is 11.1 Å². The molecule has 0 fully saturated rings. The molecule has 0 radical (unpaired) electrons. The van der Waals surface area contributed by atoms with Gasteiger partial charge in [-0.15, -0.1) is 0 Å². The number of esters is 1. The normalized spacial score (nSPS) is 10.9. The largest absolute Gasteiger partial charge is 0.493 e. The third-order valence-corrected chi connectivity index (χ3v) is 4.08. The highest BCUT2D eigenvalue weighted by atomic mass is 35.5. The Morgan fingerprint density at radius 3 is 2.56 bits per heavy atom. The topological polar surface area (TPSA) is 64.6 Å². The second-order valence-corrected chi connectivity index (χ2v) is 6.54. The Kier molecular flexibility index (Phi) is 7.44. The molecule has 0 heterocycles. The number of benzene rings is 2. The first kappa shape index (κ1) is 20.5. The first-order valence-electron chi connectivity index (χ1n) is 8.49. The summed E-state index contributed by atoms with van der Waals surface area (Å²) >= 11 is 6.07. The van der Waals surface area contributed by atoms with Gasteiger partial charge in [0.2, 0.25) is 5.91 Å². The Bertz CT molecular complexity index is 846. The van der Waals surface area contributed by atoms with Crippen LogP contribution in [-0.2, 0) is 16.1 Å². The van der Waals surface area contributed by atoms with Crippen LogP contribution in [0.4, 0.5) is 0 Å². The minimum Gasteiger partial charge on any atom is -0.493 e. The van der Waals surface area contributed by atoms with Crippen LogP contribution >= 0.6 is 11.6 Å². The Morgan fingerprint density at radius 2 is 1.89 bits per heavy atom. The van der Waals surface area contributed by atoms with E-state index in [0.29, 0.717) is 23.1 Å². The van der Waals surface area contributed by atoms with Crippen LogP contribution < -0.4 is 14.8 Å². The first-order valence-corrected chi connectivity index (χ1v) is 8.87. The molecule has 0 aliphatic carbocycles. The van der Waals surface area contributed by atoms with E-state index in [4.69, 9.17) is 21.1 Å². The zero-order valence-electron chi connectivity index (χ0n) is 15.5. The molecule has 1 N–H and O–H groups in total. The molecule has 1 amide bonds. The third-order valence-electron chi connectivity index (χ3n) is 3.71. The molecule has 2 aromatic carbocycles. The summed E-state index contributed by atoms with van der Waals surface area (Å²) in [4.78, 5) is 23.7. The van der Waals surface area contributed by atoms with E-state index in [1.807, 2.05) is 18.2 Å². The van der Waals surface area contributed by atoms with Crippen LogP contribution in [0.5, 0.6) is 11.5 Å². The van der Waals surface area contributed by atoms with Gasteiger partial charge in [-0.05, 0) is 35.4 Å². The molecule has 5 nitrogen and oxygen atoms in total. The number of ether oxygens (including phenoxy) is 2. The van der Waals surface area contributed by atoms with Crippen molar-refractivity contribution in [2.24, 2.45) is 5.92 Å². The number of halogens is 1. The number of nitrogens with one attached hydrogen (secondary N) is 1. The fraction of sp³-hybridized carbons (Fsp3) is 0.238. The van der Waals surface area contributed by atoms with E-state index in [-0.39, 0.29) is 17.8 Å². The maximum atomic E-state index is 12.0. The lowest BCUT2D eigenvalue weighted by molar-refractivity contribution is -0.137. The SMILES string of the molecule is COc1cc(/C=C/C(=O)NCc2ccccc2Cl)ccc1OC(=O)C(C)C. The zero-order chi connectivity index (χ0) is 19.8. The Hall–Kier alpha value is -2.79. The standard InChI is InChI=1S/C21H22ClNO4/c1-14(2)21(25)27-18-10-8-15(12-19(18)26-3)9-11-20(24)23-13-16-6-4-5-7-17(16)22/h4-12,14H,13H2,1-3H3,(H,23,24)/b11-9+. The number of rotatable bonds is 7.